The van der Waals surface area contributed by atoms with Crippen LogP contribution in [0.1, 0.15) is 20.3 Å². The van der Waals surface area contributed by atoms with Crippen LogP contribution in [0.25, 0.3) is 0 Å². The Morgan fingerprint density at radius 3 is 2.56 bits per heavy atom. The van der Waals surface area contributed by atoms with Gasteiger partial charge >= 0.3 is 0 Å². The van der Waals surface area contributed by atoms with Crippen molar-refractivity contribution < 1.29 is 9.90 Å². The highest BCUT2D eigenvalue weighted by Gasteiger charge is 2.20. The van der Waals surface area contributed by atoms with Crippen LogP contribution in [-0.2, 0) is 4.79 Å². The number of para-hydroxylation sites is 1. The summed E-state index contributed by atoms with van der Waals surface area (Å²) in [5, 5.41) is 11.9. The summed E-state index contributed by atoms with van der Waals surface area (Å²) < 4.78 is 0. The molecule has 1 amide bonds. The minimum absolute atomic E-state index is 0.0388. The number of amides is 1. The van der Waals surface area contributed by atoms with E-state index in [1.807, 2.05) is 42.2 Å². The first-order valence-corrected chi connectivity index (χ1v) is 6.39. The average Bonchev–Trinajstić information content (AvgIpc) is 2.39. The van der Waals surface area contributed by atoms with Crippen LogP contribution in [0.4, 0.5) is 5.69 Å². The second kappa shape index (κ2) is 7.84. The van der Waals surface area contributed by atoms with Gasteiger partial charge in [-0.15, -0.1) is 0 Å². The number of aliphatic hydroxyl groups excluding tert-OH is 1. The first-order chi connectivity index (χ1) is 8.69. The zero-order valence-electron chi connectivity index (χ0n) is 11.1. The van der Waals surface area contributed by atoms with Gasteiger partial charge in [0.05, 0.1) is 12.6 Å². The lowest BCUT2D eigenvalue weighted by Gasteiger charge is -2.27. The normalized spacial score (nSPS) is 12.4. The molecule has 0 heterocycles. The van der Waals surface area contributed by atoms with Crippen molar-refractivity contribution in [2.45, 2.75) is 26.3 Å². The molecule has 0 aliphatic heterocycles. The summed E-state index contributed by atoms with van der Waals surface area (Å²) in [5.74, 6) is -0.0388. The second-order valence-corrected chi connectivity index (χ2v) is 4.29. The maximum absolute atomic E-state index is 12.1. The Hall–Kier alpha value is -1.39. The molecule has 100 valence electrons. The third-order valence-corrected chi connectivity index (χ3v) is 2.87. The Balaban J connectivity index is 2.58. The fraction of sp³-hybridized carbons (Fsp3) is 0.500. The van der Waals surface area contributed by atoms with Gasteiger partial charge in [0.2, 0.25) is 5.91 Å². The molecular weight excluding hydrogens is 228 g/mol. The van der Waals surface area contributed by atoms with Crippen molar-refractivity contribution in [2.75, 3.05) is 25.0 Å². The van der Waals surface area contributed by atoms with E-state index < -0.39 is 0 Å². The van der Waals surface area contributed by atoms with Gasteiger partial charge in [-0.05, 0) is 32.0 Å². The molecule has 4 nitrogen and oxygen atoms in total. The molecule has 0 spiro atoms. The fourth-order valence-corrected chi connectivity index (χ4v) is 1.85. The molecule has 1 aromatic carbocycles. The summed E-state index contributed by atoms with van der Waals surface area (Å²) in [6.45, 7) is 5.33. The number of anilines is 1. The topological polar surface area (TPSA) is 52.6 Å². The number of rotatable bonds is 7. The van der Waals surface area contributed by atoms with E-state index in [0.717, 1.165) is 18.7 Å². The molecule has 18 heavy (non-hydrogen) atoms. The van der Waals surface area contributed by atoms with Crippen molar-refractivity contribution in [3.8, 4) is 0 Å². The van der Waals surface area contributed by atoms with Crippen LogP contribution in [0.15, 0.2) is 30.3 Å². The van der Waals surface area contributed by atoms with Crippen LogP contribution in [0.2, 0.25) is 0 Å². The third kappa shape index (κ3) is 4.47. The molecule has 0 bridgehead atoms. The third-order valence-electron chi connectivity index (χ3n) is 2.87. The molecule has 1 aromatic rings. The number of aliphatic hydroxyl groups is 1. The van der Waals surface area contributed by atoms with Crippen molar-refractivity contribution in [1.29, 1.82) is 0 Å². The zero-order chi connectivity index (χ0) is 13.4. The lowest BCUT2D eigenvalue weighted by molar-refractivity contribution is -0.120. The highest BCUT2D eigenvalue weighted by molar-refractivity contribution is 5.94. The lowest BCUT2D eigenvalue weighted by Crippen LogP contribution is -2.43. The average molecular weight is 250 g/mol. The Kier molecular flexibility index (Phi) is 6.39. The molecule has 1 atom stereocenters. The van der Waals surface area contributed by atoms with Crippen LogP contribution < -0.4 is 5.32 Å². The number of nitrogens with one attached hydrogen (secondary N) is 1. The van der Waals surface area contributed by atoms with E-state index in [-0.39, 0.29) is 18.6 Å². The van der Waals surface area contributed by atoms with Gasteiger partial charge < -0.3 is 10.4 Å². The van der Waals surface area contributed by atoms with Crippen LogP contribution >= 0.6 is 0 Å². The second-order valence-electron chi connectivity index (χ2n) is 4.29. The molecular formula is C14H22N2O2. The first-order valence-electron chi connectivity index (χ1n) is 6.39. The smallest absolute Gasteiger partial charge is 0.241 e. The molecule has 0 fully saturated rings. The van der Waals surface area contributed by atoms with E-state index in [9.17, 15) is 4.79 Å². The first kappa shape index (κ1) is 14.7. The molecule has 0 saturated carbocycles. The quantitative estimate of drug-likeness (QED) is 0.774. The molecule has 0 saturated heterocycles. The Bertz CT molecular complexity index is 348. The van der Waals surface area contributed by atoms with Crippen molar-refractivity contribution >= 4 is 11.6 Å². The summed E-state index contributed by atoms with van der Waals surface area (Å²) in [6, 6.07) is 9.17. The number of carbonyl (C=O) groups is 1. The Labute approximate surface area is 109 Å². The largest absolute Gasteiger partial charge is 0.395 e. The van der Waals surface area contributed by atoms with Gasteiger partial charge in [0.15, 0.2) is 0 Å². The molecule has 0 aliphatic rings. The van der Waals surface area contributed by atoms with Gasteiger partial charge in [-0.2, -0.15) is 0 Å². The number of hydrogen-bond donors (Lipinski definition) is 2. The predicted octanol–water partition coefficient (Wildman–Crippen LogP) is 1.72. The monoisotopic (exact) mass is 250 g/mol. The van der Waals surface area contributed by atoms with Crippen molar-refractivity contribution in [3.05, 3.63) is 30.3 Å². The predicted molar refractivity (Wildman–Crippen MR) is 73.5 cm³/mol. The van der Waals surface area contributed by atoms with Crippen LogP contribution in [0.3, 0.4) is 0 Å². The molecule has 4 heteroatoms. The molecule has 2 N–H and O–H groups in total. The SMILES string of the molecule is CCCN(CCO)C(C)C(=O)Nc1ccccc1. The van der Waals surface area contributed by atoms with Gasteiger partial charge in [-0.3, -0.25) is 9.69 Å². The summed E-state index contributed by atoms with van der Waals surface area (Å²) in [5.41, 5.74) is 0.801. The fourth-order valence-electron chi connectivity index (χ4n) is 1.85. The molecule has 0 radical (unpaired) electrons. The van der Waals surface area contributed by atoms with E-state index in [1.165, 1.54) is 0 Å². The molecule has 0 aliphatic carbocycles. The highest BCUT2D eigenvalue weighted by atomic mass is 16.3. The lowest BCUT2D eigenvalue weighted by atomic mass is 10.2. The van der Waals surface area contributed by atoms with Crippen molar-refractivity contribution in [1.82, 2.24) is 4.90 Å². The summed E-state index contributed by atoms with van der Waals surface area (Å²) in [7, 11) is 0. The zero-order valence-corrected chi connectivity index (χ0v) is 11.1. The van der Waals surface area contributed by atoms with E-state index >= 15 is 0 Å². The van der Waals surface area contributed by atoms with E-state index in [0.29, 0.717) is 6.54 Å². The van der Waals surface area contributed by atoms with Crippen LogP contribution in [0.5, 0.6) is 0 Å². The standard InChI is InChI=1S/C14H22N2O2/c1-3-9-16(10-11-17)12(2)14(18)15-13-7-5-4-6-8-13/h4-8,12,17H,3,9-11H2,1-2H3,(H,15,18). The Morgan fingerprint density at radius 2 is 2.00 bits per heavy atom. The van der Waals surface area contributed by atoms with Crippen molar-refractivity contribution in [3.63, 3.8) is 0 Å². The molecule has 1 rings (SSSR count). The minimum Gasteiger partial charge on any atom is -0.395 e. The molecule has 1 unspecified atom stereocenters. The van der Waals surface area contributed by atoms with Crippen LogP contribution in [0, 0.1) is 0 Å². The van der Waals surface area contributed by atoms with Gasteiger partial charge in [0.1, 0.15) is 0 Å². The summed E-state index contributed by atoms with van der Waals surface area (Å²) in [4.78, 5) is 14.1. The number of benzene rings is 1. The van der Waals surface area contributed by atoms with E-state index in [4.69, 9.17) is 5.11 Å². The number of carbonyl (C=O) groups excluding carboxylic acids is 1. The highest BCUT2D eigenvalue weighted by Crippen LogP contribution is 2.08. The van der Waals surface area contributed by atoms with E-state index in [1.54, 1.807) is 0 Å². The van der Waals surface area contributed by atoms with Gasteiger partial charge in [0, 0.05) is 12.2 Å². The maximum atomic E-state index is 12.1. The Morgan fingerprint density at radius 1 is 1.33 bits per heavy atom. The van der Waals surface area contributed by atoms with E-state index in [2.05, 4.69) is 12.2 Å². The van der Waals surface area contributed by atoms with Crippen LogP contribution in [-0.4, -0.2) is 41.7 Å². The number of nitrogens with zero attached hydrogens (tertiary/aromatic N) is 1. The van der Waals surface area contributed by atoms with Crippen molar-refractivity contribution in [2.24, 2.45) is 0 Å². The van der Waals surface area contributed by atoms with Gasteiger partial charge in [-0.25, -0.2) is 0 Å². The molecule has 0 aromatic heterocycles. The maximum Gasteiger partial charge on any atom is 0.241 e. The summed E-state index contributed by atoms with van der Waals surface area (Å²) >= 11 is 0. The van der Waals surface area contributed by atoms with Gasteiger partial charge in [-0.1, -0.05) is 25.1 Å². The number of hydrogen-bond acceptors (Lipinski definition) is 3. The van der Waals surface area contributed by atoms with Gasteiger partial charge in [0.25, 0.3) is 0 Å². The minimum atomic E-state index is -0.239. The summed E-state index contributed by atoms with van der Waals surface area (Å²) in [6.07, 6.45) is 0.961.